The third-order valence-electron chi connectivity index (χ3n) is 2.99. The maximum Gasteiger partial charge on any atom is 0.174 e. The number of para-hydroxylation sites is 2. The normalized spacial score (nSPS) is 11.2. The molecule has 0 aliphatic carbocycles. The number of phenolic OH excluding ortho intramolecular Hbond substituents is 1. The number of fused-ring (bicyclic) bond motifs is 1. The second-order valence-electron chi connectivity index (χ2n) is 4.39. The van der Waals surface area contributed by atoms with Crippen molar-refractivity contribution in [2.45, 2.75) is 6.54 Å². The molecule has 0 aliphatic heterocycles. The zero-order chi connectivity index (χ0) is 13.8. The van der Waals surface area contributed by atoms with Gasteiger partial charge in [0, 0.05) is 10.9 Å². The van der Waals surface area contributed by atoms with Crippen LogP contribution in [0, 0.1) is 0 Å². The van der Waals surface area contributed by atoms with Gasteiger partial charge in [-0.2, -0.15) is 5.11 Å². The number of azo groups is 1. The third-order valence-corrected chi connectivity index (χ3v) is 2.99. The van der Waals surface area contributed by atoms with Gasteiger partial charge < -0.3 is 5.11 Å². The lowest BCUT2D eigenvalue weighted by molar-refractivity contribution is 0.468. The molecule has 0 aliphatic rings. The molecule has 0 atom stereocenters. The molecule has 98 valence electrons. The summed E-state index contributed by atoms with van der Waals surface area (Å²) in [5.41, 5.74) is 1.64. The van der Waals surface area contributed by atoms with Crippen LogP contribution in [-0.2, 0) is 6.54 Å². The Morgan fingerprint density at radius 2 is 1.70 bits per heavy atom. The van der Waals surface area contributed by atoms with Crippen LogP contribution in [0.4, 0.5) is 5.82 Å². The molecule has 20 heavy (non-hydrogen) atoms. The summed E-state index contributed by atoms with van der Waals surface area (Å²) in [6.07, 6.45) is 0. The largest absolute Gasteiger partial charge is 0.508 e. The molecule has 1 aromatic heterocycles. The highest BCUT2D eigenvalue weighted by molar-refractivity contribution is 5.79. The number of hydrogen-bond donors (Lipinski definition) is 1. The van der Waals surface area contributed by atoms with E-state index in [0.717, 1.165) is 16.5 Å². The van der Waals surface area contributed by atoms with E-state index >= 15 is 0 Å². The number of benzene rings is 2. The summed E-state index contributed by atoms with van der Waals surface area (Å²) < 4.78 is 0. The molecular formula is C16H13N3O. The summed E-state index contributed by atoms with van der Waals surface area (Å²) in [7, 11) is 0. The molecule has 0 unspecified atom stereocenters. The molecule has 4 heteroatoms. The van der Waals surface area contributed by atoms with Crippen LogP contribution < -0.4 is 0 Å². The molecule has 0 bridgehead atoms. The molecule has 0 saturated heterocycles. The zero-order valence-electron chi connectivity index (χ0n) is 10.8. The van der Waals surface area contributed by atoms with E-state index < -0.39 is 0 Å². The van der Waals surface area contributed by atoms with E-state index in [0.29, 0.717) is 12.4 Å². The Hall–Kier alpha value is -2.75. The minimum atomic E-state index is 0.234. The van der Waals surface area contributed by atoms with Crippen LogP contribution in [0.5, 0.6) is 5.75 Å². The first-order valence-corrected chi connectivity index (χ1v) is 6.33. The van der Waals surface area contributed by atoms with E-state index in [1.165, 1.54) is 0 Å². The zero-order valence-corrected chi connectivity index (χ0v) is 10.8. The molecule has 1 heterocycles. The van der Waals surface area contributed by atoms with Crippen LogP contribution in [0.15, 0.2) is 70.9 Å². The van der Waals surface area contributed by atoms with Crippen LogP contribution in [0.3, 0.4) is 0 Å². The standard InChI is InChI=1S/C16H13N3O/c20-15-8-4-2-6-13(15)11-17-19-16-10-9-12-5-1-3-7-14(12)18-16/h1-10,20H,11H2. The Bertz CT molecular complexity index is 768. The Labute approximate surface area is 116 Å². The van der Waals surface area contributed by atoms with Gasteiger partial charge in [0.05, 0.1) is 12.1 Å². The minimum absolute atomic E-state index is 0.234. The van der Waals surface area contributed by atoms with Gasteiger partial charge in [-0.15, -0.1) is 5.11 Å². The number of aromatic hydroxyl groups is 1. The average molecular weight is 263 g/mol. The highest BCUT2D eigenvalue weighted by Crippen LogP contribution is 2.19. The molecule has 2 aromatic carbocycles. The molecule has 3 aromatic rings. The molecule has 0 spiro atoms. The number of nitrogens with zero attached hydrogens (tertiary/aromatic N) is 3. The van der Waals surface area contributed by atoms with E-state index in [9.17, 15) is 5.11 Å². The van der Waals surface area contributed by atoms with Crippen LogP contribution in [0.25, 0.3) is 10.9 Å². The van der Waals surface area contributed by atoms with Gasteiger partial charge in [-0.1, -0.05) is 36.4 Å². The van der Waals surface area contributed by atoms with E-state index in [2.05, 4.69) is 15.2 Å². The second kappa shape index (κ2) is 5.48. The first-order chi connectivity index (χ1) is 9.83. The van der Waals surface area contributed by atoms with E-state index in [1.807, 2.05) is 48.5 Å². The van der Waals surface area contributed by atoms with Crippen molar-refractivity contribution in [3.63, 3.8) is 0 Å². The summed E-state index contributed by atoms with van der Waals surface area (Å²) in [5.74, 6) is 0.803. The van der Waals surface area contributed by atoms with Crippen molar-refractivity contribution in [2.24, 2.45) is 10.2 Å². The van der Waals surface area contributed by atoms with Gasteiger partial charge in [0.2, 0.25) is 0 Å². The third kappa shape index (κ3) is 2.64. The number of pyridine rings is 1. The summed E-state index contributed by atoms with van der Waals surface area (Å²) in [5, 5.41) is 18.9. The average Bonchev–Trinajstić information content (AvgIpc) is 2.49. The van der Waals surface area contributed by atoms with Crippen molar-refractivity contribution in [3.8, 4) is 5.75 Å². The lowest BCUT2D eigenvalue weighted by Gasteiger charge is -1.99. The van der Waals surface area contributed by atoms with Crippen molar-refractivity contribution < 1.29 is 5.11 Å². The van der Waals surface area contributed by atoms with Gasteiger partial charge >= 0.3 is 0 Å². The minimum Gasteiger partial charge on any atom is -0.508 e. The maximum atomic E-state index is 9.63. The van der Waals surface area contributed by atoms with Gasteiger partial charge in [0.25, 0.3) is 0 Å². The van der Waals surface area contributed by atoms with E-state index in [1.54, 1.807) is 12.1 Å². The van der Waals surface area contributed by atoms with Crippen LogP contribution in [0.2, 0.25) is 0 Å². The fraction of sp³-hybridized carbons (Fsp3) is 0.0625. The quantitative estimate of drug-likeness (QED) is 0.719. The maximum absolute atomic E-state index is 9.63. The summed E-state index contributed by atoms with van der Waals surface area (Å²) in [6.45, 7) is 0.335. The topological polar surface area (TPSA) is 57.8 Å². The Kier molecular flexibility index (Phi) is 3.37. The van der Waals surface area contributed by atoms with Crippen LogP contribution in [-0.4, -0.2) is 10.1 Å². The molecule has 0 amide bonds. The van der Waals surface area contributed by atoms with Gasteiger partial charge in [-0.05, 0) is 24.3 Å². The lowest BCUT2D eigenvalue weighted by atomic mass is 10.2. The molecule has 3 rings (SSSR count). The van der Waals surface area contributed by atoms with Gasteiger partial charge in [0.1, 0.15) is 5.75 Å². The van der Waals surface area contributed by atoms with Crippen molar-refractivity contribution in [2.75, 3.05) is 0 Å². The Morgan fingerprint density at radius 1 is 0.900 bits per heavy atom. The van der Waals surface area contributed by atoms with E-state index in [-0.39, 0.29) is 5.75 Å². The Morgan fingerprint density at radius 3 is 2.60 bits per heavy atom. The van der Waals surface area contributed by atoms with Crippen molar-refractivity contribution in [1.29, 1.82) is 0 Å². The number of phenols is 1. The predicted molar refractivity (Wildman–Crippen MR) is 78.1 cm³/mol. The SMILES string of the molecule is Oc1ccccc1CN=Nc1ccc2ccccc2n1. The fourth-order valence-corrected chi connectivity index (χ4v) is 1.94. The Balaban J connectivity index is 1.79. The van der Waals surface area contributed by atoms with Crippen molar-refractivity contribution in [3.05, 3.63) is 66.2 Å². The van der Waals surface area contributed by atoms with Gasteiger partial charge in [-0.3, -0.25) is 0 Å². The number of aromatic nitrogens is 1. The highest BCUT2D eigenvalue weighted by Gasteiger charge is 1.98. The van der Waals surface area contributed by atoms with Gasteiger partial charge in [-0.25, -0.2) is 4.98 Å². The molecule has 0 radical (unpaired) electrons. The number of rotatable bonds is 3. The molecule has 0 fully saturated rings. The fourth-order valence-electron chi connectivity index (χ4n) is 1.94. The monoisotopic (exact) mass is 263 g/mol. The predicted octanol–water partition coefficient (Wildman–Crippen LogP) is 4.22. The molecule has 4 nitrogen and oxygen atoms in total. The molecule has 1 N–H and O–H groups in total. The molecular weight excluding hydrogens is 250 g/mol. The van der Waals surface area contributed by atoms with Crippen LogP contribution in [0.1, 0.15) is 5.56 Å². The van der Waals surface area contributed by atoms with Crippen molar-refractivity contribution >= 4 is 16.7 Å². The van der Waals surface area contributed by atoms with Crippen molar-refractivity contribution in [1.82, 2.24) is 4.98 Å². The summed E-state index contributed by atoms with van der Waals surface area (Å²) in [4.78, 5) is 4.41. The first-order valence-electron chi connectivity index (χ1n) is 6.33. The first kappa shape index (κ1) is 12.3. The summed E-state index contributed by atoms with van der Waals surface area (Å²) >= 11 is 0. The second-order valence-corrected chi connectivity index (χ2v) is 4.39. The lowest BCUT2D eigenvalue weighted by Crippen LogP contribution is -1.81. The molecule has 0 saturated carbocycles. The number of hydrogen-bond acceptors (Lipinski definition) is 4. The van der Waals surface area contributed by atoms with Crippen LogP contribution >= 0.6 is 0 Å². The summed E-state index contributed by atoms with van der Waals surface area (Å²) in [6, 6.07) is 18.8. The van der Waals surface area contributed by atoms with Gasteiger partial charge in [0.15, 0.2) is 5.82 Å². The van der Waals surface area contributed by atoms with E-state index in [4.69, 9.17) is 0 Å². The highest BCUT2D eigenvalue weighted by atomic mass is 16.3. The smallest absolute Gasteiger partial charge is 0.174 e.